The van der Waals surface area contributed by atoms with Gasteiger partial charge in [0.1, 0.15) is 19.8 Å². The van der Waals surface area contributed by atoms with Crippen LogP contribution in [-0.4, -0.2) is 68.5 Å². The highest BCUT2D eigenvalue weighted by Gasteiger charge is 2.25. The van der Waals surface area contributed by atoms with Gasteiger partial charge in [0.05, 0.1) is 26.2 Å². The van der Waals surface area contributed by atoms with E-state index >= 15 is 0 Å². The molecule has 0 fully saturated rings. The molecule has 0 heterocycles. The number of carbonyl (C=O) groups excluding carboxylic acids is 2. The Morgan fingerprint density at radius 2 is 0.814 bits per heavy atom. The lowest BCUT2D eigenvalue weighted by Crippen LogP contribution is -2.51. The quantitative estimate of drug-likeness (QED) is 0.0257. The first-order valence-electron chi connectivity index (χ1n) is 25.5. The summed E-state index contributed by atoms with van der Waals surface area (Å²) in [6, 6.07) is 0. The number of phosphoric ester groups is 1. The normalized spacial score (nSPS) is 13.4. The molecule has 0 radical (unpaired) electrons. The van der Waals surface area contributed by atoms with Gasteiger partial charge in [0, 0.05) is 12.8 Å². The van der Waals surface area contributed by atoms with E-state index < -0.39 is 26.5 Å². The standard InChI is InChI=1S/C49H98NO8P/c1-6-11-13-15-17-19-21-23-25-27-29-31-33-35-37-39-48(51)55-45-47(46-57-59(53,54)56-44-43-50(10-5,41-8-3)42-9-4)58-49(52)40-38-36-34-32-30-28-26-24-22-20-18-16-14-12-7-2/h47H,6-46H2,1-5H3. The van der Waals surface area contributed by atoms with Gasteiger partial charge in [-0.25, -0.2) is 0 Å². The SMILES string of the molecule is CCCCCCCCCCCCCCCCCC(=O)OCC(COP(=O)([O-])OCC[N+](CC)(CCC)CCC)OC(=O)CCCCCCCCCCCCCCCCC. The van der Waals surface area contributed by atoms with Crippen LogP contribution in [0.3, 0.4) is 0 Å². The maximum atomic E-state index is 12.8. The molecular formula is C49H98NO8P. The van der Waals surface area contributed by atoms with Crippen LogP contribution in [0.5, 0.6) is 0 Å². The van der Waals surface area contributed by atoms with E-state index in [0.717, 1.165) is 69.1 Å². The second-order valence-electron chi connectivity index (χ2n) is 17.6. The van der Waals surface area contributed by atoms with Crippen LogP contribution in [-0.2, 0) is 32.7 Å². The van der Waals surface area contributed by atoms with E-state index in [9.17, 15) is 19.0 Å². The molecule has 0 rings (SSSR count). The van der Waals surface area contributed by atoms with Gasteiger partial charge >= 0.3 is 11.9 Å². The number of rotatable bonds is 47. The van der Waals surface area contributed by atoms with E-state index in [1.54, 1.807) is 0 Å². The van der Waals surface area contributed by atoms with Crippen LogP contribution in [0.25, 0.3) is 0 Å². The van der Waals surface area contributed by atoms with Crippen LogP contribution in [0.15, 0.2) is 0 Å². The number of unbranched alkanes of at least 4 members (excludes halogenated alkanes) is 28. The molecule has 10 heteroatoms. The molecule has 0 N–H and O–H groups in total. The summed E-state index contributed by atoms with van der Waals surface area (Å²) in [6.07, 6.45) is 38.9. The molecule has 0 bridgehead atoms. The highest BCUT2D eigenvalue weighted by atomic mass is 31.2. The van der Waals surface area contributed by atoms with Crippen LogP contribution >= 0.6 is 7.82 Å². The first kappa shape index (κ1) is 58.0. The van der Waals surface area contributed by atoms with Gasteiger partial charge in [0.2, 0.25) is 0 Å². The van der Waals surface area contributed by atoms with Crippen molar-refractivity contribution in [1.82, 2.24) is 0 Å². The van der Waals surface area contributed by atoms with Crippen molar-refractivity contribution in [2.75, 3.05) is 46.0 Å². The smallest absolute Gasteiger partial charge is 0.306 e. The molecule has 2 unspecified atom stereocenters. The second kappa shape index (κ2) is 42.3. The monoisotopic (exact) mass is 860 g/mol. The lowest BCUT2D eigenvalue weighted by Gasteiger charge is -2.38. The molecule has 0 aliphatic carbocycles. The van der Waals surface area contributed by atoms with Crippen molar-refractivity contribution in [3.63, 3.8) is 0 Å². The van der Waals surface area contributed by atoms with Crippen molar-refractivity contribution in [3.8, 4) is 0 Å². The molecule has 59 heavy (non-hydrogen) atoms. The highest BCUT2D eigenvalue weighted by molar-refractivity contribution is 7.45. The molecule has 0 aromatic rings. The predicted molar refractivity (Wildman–Crippen MR) is 245 cm³/mol. The number of carbonyl (C=O) groups is 2. The number of ether oxygens (including phenoxy) is 2. The van der Waals surface area contributed by atoms with Crippen LogP contribution in [0.1, 0.15) is 253 Å². The Labute approximate surface area is 365 Å². The van der Waals surface area contributed by atoms with Gasteiger partial charge in [-0.05, 0) is 32.6 Å². The maximum Gasteiger partial charge on any atom is 0.306 e. The largest absolute Gasteiger partial charge is 0.756 e. The fraction of sp³-hybridized carbons (Fsp3) is 0.959. The van der Waals surface area contributed by atoms with Crippen molar-refractivity contribution in [1.29, 1.82) is 0 Å². The van der Waals surface area contributed by atoms with Crippen LogP contribution in [0.2, 0.25) is 0 Å². The molecule has 0 spiro atoms. The predicted octanol–water partition coefficient (Wildman–Crippen LogP) is 14.1. The topological polar surface area (TPSA) is 111 Å². The molecular weight excluding hydrogens is 762 g/mol. The molecule has 0 saturated heterocycles. The summed E-state index contributed by atoms with van der Waals surface area (Å²) in [5, 5.41) is 0. The Morgan fingerprint density at radius 1 is 0.458 bits per heavy atom. The number of hydrogen-bond donors (Lipinski definition) is 0. The molecule has 0 aromatic carbocycles. The molecule has 0 saturated carbocycles. The Hall–Kier alpha value is -0.990. The number of quaternary nitrogens is 1. The number of nitrogens with zero attached hydrogens (tertiary/aromatic N) is 1. The Balaban J connectivity index is 4.58. The van der Waals surface area contributed by atoms with Crippen LogP contribution in [0.4, 0.5) is 0 Å². The van der Waals surface area contributed by atoms with Gasteiger partial charge in [-0.15, -0.1) is 0 Å². The molecule has 0 aromatic heterocycles. The van der Waals surface area contributed by atoms with Crippen molar-refractivity contribution in [2.24, 2.45) is 0 Å². The molecule has 0 aliphatic rings. The zero-order chi connectivity index (χ0) is 43.6. The Kier molecular flexibility index (Phi) is 41.6. The summed E-state index contributed by atoms with van der Waals surface area (Å²) in [7, 11) is -4.66. The Morgan fingerprint density at radius 3 is 1.17 bits per heavy atom. The summed E-state index contributed by atoms with van der Waals surface area (Å²) in [5.41, 5.74) is 0. The molecule has 0 amide bonds. The average Bonchev–Trinajstić information content (AvgIpc) is 3.21. The van der Waals surface area contributed by atoms with E-state index in [0.29, 0.717) is 13.0 Å². The summed E-state index contributed by atoms with van der Waals surface area (Å²) in [5.74, 6) is -0.803. The van der Waals surface area contributed by atoms with Gasteiger partial charge < -0.3 is 27.9 Å². The summed E-state index contributed by atoms with van der Waals surface area (Å²) < 4.78 is 35.2. The molecule has 0 aliphatic heterocycles. The summed E-state index contributed by atoms with van der Waals surface area (Å²) in [4.78, 5) is 38.2. The van der Waals surface area contributed by atoms with E-state index in [2.05, 4.69) is 34.6 Å². The van der Waals surface area contributed by atoms with E-state index in [4.69, 9.17) is 18.5 Å². The molecule has 352 valence electrons. The van der Waals surface area contributed by atoms with E-state index in [-0.39, 0.29) is 32.0 Å². The van der Waals surface area contributed by atoms with Crippen molar-refractivity contribution < 1.29 is 42.1 Å². The zero-order valence-electron chi connectivity index (χ0n) is 39.7. The van der Waals surface area contributed by atoms with Crippen molar-refractivity contribution >= 4 is 19.8 Å². The zero-order valence-corrected chi connectivity index (χ0v) is 40.6. The van der Waals surface area contributed by atoms with Gasteiger partial charge in [0.25, 0.3) is 7.82 Å². The molecule has 2 atom stereocenters. The van der Waals surface area contributed by atoms with Crippen LogP contribution < -0.4 is 4.89 Å². The van der Waals surface area contributed by atoms with Gasteiger partial charge in [-0.1, -0.05) is 207 Å². The second-order valence-corrected chi connectivity index (χ2v) is 19.0. The number of phosphoric acid groups is 1. The first-order valence-corrected chi connectivity index (χ1v) is 26.9. The first-order chi connectivity index (χ1) is 28.7. The number of likely N-dealkylation sites (N-methyl/N-ethyl adjacent to an activating group) is 1. The average molecular weight is 860 g/mol. The highest BCUT2D eigenvalue weighted by Crippen LogP contribution is 2.38. The minimum Gasteiger partial charge on any atom is -0.756 e. The van der Waals surface area contributed by atoms with Crippen molar-refractivity contribution in [2.45, 2.75) is 259 Å². The molecule has 9 nitrogen and oxygen atoms in total. The van der Waals surface area contributed by atoms with Gasteiger partial charge in [-0.2, -0.15) is 0 Å². The Bertz CT molecular complexity index is 976. The minimum absolute atomic E-state index is 0.0203. The summed E-state index contributed by atoms with van der Waals surface area (Å²) >= 11 is 0. The van der Waals surface area contributed by atoms with Crippen LogP contribution in [0, 0.1) is 0 Å². The maximum absolute atomic E-state index is 12.8. The third-order valence-electron chi connectivity index (χ3n) is 12.0. The summed E-state index contributed by atoms with van der Waals surface area (Å²) in [6.45, 7) is 13.6. The third kappa shape index (κ3) is 38.4. The van der Waals surface area contributed by atoms with Gasteiger partial charge in [-0.3, -0.25) is 14.2 Å². The number of hydrogen-bond acceptors (Lipinski definition) is 8. The lowest BCUT2D eigenvalue weighted by atomic mass is 10.0. The fourth-order valence-corrected chi connectivity index (χ4v) is 8.95. The fourth-order valence-electron chi connectivity index (χ4n) is 8.22. The van der Waals surface area contributed by atoms with Gasteiger partial charge in [0.15, 0.2) is 6.10 Å². The minimum atomic E-state index is -4.66. The van der Waals surface area contributed by atoms with E-state index in [1.807, 2.05) is 0 Å². The van der Waals surface area contributed by atoms with E-state index in [1.165, 1.54) is 154 Å². The van der Waals surface area contributed by atoms with Crippen molar-refractivity contribution in [3.05, 3.63) is 0 Å². The number of esters is 2. The lowest BCUT2D eigenvalue weighted by molar-refractivity contribution is -0.926. The third-order valence-corrected chi connectivity index (χ3v) is 13.0.